The first-order valence-corrected chi connectivity index (χ1v) is 8.86. The minimum atomic E-state index is -0.499. The van der Waals surface area contributed by atoms with Crippen molar-refractivity contribution in [3.63, 3.8) is 0 Å². The molecule has 9 nitrogen and oxygen atoms in total. The number of amides is 3. The standard InChI is InChI=1S/C18H28N2O7/c1-18(2,3)27-17(24)7-10-25-12-13-26-11-8-19-14(21)6-9-20-15(22)4-5-16(20)23/h4-5H,6-13H2,1-3H3,(H,19,21). The molecule has 1 heterocycles. The zero-order valence-corrected chi connectivity index (χ0v) is 16.1. The van der Waals surface area contributed by atoms with Gasteiger partial charge < -0.3 is 19.5 Å². The monoisotopic (exact) mass is 384 g/mol. The Hall–Kier alpha value is -2.26. The van der Waals surface area contributed by atoms with Crippen molar-refractivity contribution in [2.45, 2.75) is 39.2 Å². The van der Waals surface area contributed by atoms with Gasteiger partial charge >= 0.3 is 5.97 Å². The number of nitrogens with one attached hydrogen (secondary N) is 1. The van der Waals surface area contributed by atoms with Gasteiger partial charge in [-0.05, 0) is 20.8 Å². The molecule has 152 valence electrons. The Morgan fingerprint density at radius 1 is 0.963 bits per heavy atom. The van der Waals surface area contributed by atoms with E-state index in [-0.39, 0.29) is 37.9 Å². The van der Waals surface area contributed by atoms with Gasteiger partial charge in [0.2, 0.25) is 5.91 Å². The molecule has 0 aliphatic carbocycles. The molecule has 0 aromatic heterocycles. The average molecular weight is 384 g/mol. The molecule has 0 unspecified atom stereocenters. The van der Waals surface area contributed by atoms with Gasteiger partial charge in [0.05, 0.1) is 32.8 Å². The lowest BCUT2D eigenvalue weighted by molar-refractivity contribution is -0.156. The number of nitrogens with zero attached hydrogens (tertiary/aromatic N) is 1. The fourth-order valence-corrected chi connectivity index (χ4v) is 2.09. The normalized spacial score (nSPS) is 14.0. The van der Waals surface area contributed by atoms with Gasteiger partial charge in [-0.1, -0.05) is 0 Å². The summed E-state index contributed by atoms with van der Waals surface area (Å²) in [6.45, 7) is 7.04. The molecule has 1 rings (SSSR count). The van der Waals surface area contributed by atoms with E-state index < -0.39 is 17.4 Å². The maximum absolute atomic E-state index is 11.6. The van der Waals surface area contributed by atoms with Gasteiger partial charge in [0.15, 0.2) is 0 Å². The Morgan fingerprint density at radius 2 is 1.56 bits per heavy atom. The predicted molar refractivity (Wildman–Crippen MR) is 95.6 cm³/mol. The largest absolute Gasteiger partial charge is 0.460 e. The quantitative estimate of drug-likeness (QED) is 0.290. The van der Waals surface area contributed by atoms with Crippen LogP contribution >= 0.6 is 0 Å². The Labute approximate surface area is 159 Å². The summed E-state index contributed by atoms with van der Waals surface area (Å²) in [4.78, 5) is 46.8. The molecule has 0 saturated carbocycles. The number of carbonyl (C=O) groups is 4. The van der Waals surface area contributed by atoms with E-state index in [1.807, 2.05) is 0 Å². The third-order valence-electron chi connectivity index (χ3n) is 3.27. The molecule has 0 aromatic carbocycles. The van der Waals surface area contributed by atoms with E-state index in [0.29, 0.717) is 26.4 Å². The van der Waals surface area contributed by atoms with E-state index in [1.54, 1.807) is 20.8 Å². The van der Waals surface area contributed by atoms with Crippen molar-refractivity contribution >= 4 is 23.7 Å². The summed E-state index contributed by atoms with van der Waals surface area (Å²) < 4.78 is 15.7. The Morgan fingerprint density at radius 3 is 2.15 bits per heavy atom. The average Bonchev–Trinajstić information content (AvgIpc) is 2.88. The van der Waals surface area contributed by atoms with E-state index in [4.69, 9.17) is 14.2 Å². The Balaban J connectivity index is 1.92. The first kappa shape index (κ1) is 22.8. The van der Waals surface area contributed by atoms with Gasteiger partial charge in [-0.2, -0.15) is 0 Å². The molecule has 0 spiro atoms. The van der Waals surface area contributed by atoms with Crippen molar-refractivity contribution in [1.82, 2.24) is 10.2 Å². The van der Waals surface area contributed by atoms with Gasteiger partial charge in [-0.15, -0.1) is 0 Å². The smallest absolute Gasteiger partial charge is 0.308 e. The number of carbonyl (C=O) groups excluding carboxylic acids is 4. The van der Waals surface area contributed by atoms with E-state index in [0.717, 1.165) is 4.90 Å². The third kappa shape index (κ3) is 10.5. The summed E-state index contributed by atoms with van der Waals surface area (Å²) in [5.41, 5.74) is -0.499. The highest BCUT2D eigenvalue weighted by Gasteiger charge is 2.23. The van der Waals surface area contributed by atoms with Gasteiger partial charge in [0, 0.05) is 31.7 Å². The highest BCUT2D eigenvalue weighted by Crippen LogP contribution is 2.08. The minimum absolute atomic E-state index is 0.0485. The van der Waals surface area contributed by atoms with E-state index >= 15 is 0 Å². The molecule has 0 saturated heterocycles. The van der Waals surface area contributed by atoms with Gasteiger partial charge in [0.25, 0.3) is 11.8 Å². The first-order valence-electron chi connectivity index (χ1n) is 8.86. The van der Waals surface area contributed by atoms with Crippen LogP contribution in [0.4, 0.5) is 0 Å². The van der Waals surface area contributed by atoms with Crippen molar-refractivity contribution in [3.8, 4) is 0 Å². The summed E-state index contributed by atoms with van der Waals surface area (Å²) in [5.74, 6) is -1.37. The summed E-state index contributed by atoms with van der Waals surface area (Å²) in [5, 5.41) is 2.64. The highest BCUT2D eigenvalue weighted by atomic mass is 16.6. The molecule has 0 fully saturated rings. The van der Waals surface area contributed by atoms with Crippen LogP contribution in [0.25, 0.3) is 0 Å². The fourth-order valence-electron chi connectivity index (χ4n) is 2.09. The van der Waals surface area contributed by atoms with E-state index in [9.17, 15) is 19.2 Å². The first-order chi connectivity index (χ1) is 12.7. The number of rotatable bonds is 12. The topological polar surface area (TPSA) is 111 Å². The minimum Gasteiger partial charge on any atom is -0.460 e. The Bertz CT molecular complexity index is 549. The molecular formula is C18H28N2O7. The van der Waals surface area contributed by atoms with Crippen molar-refractivity contribution in [1.29, 1.82) is 0 Å². The second-order valence-corrected chi connectivity index (χ2v) is 6.82. The third-order valence-corrected chi connectivity index (χ3v) is 3.27. The molecule has 0 aromatic rings. The highest BCUT2D eigenvalue weighted by molar-refractivity contribution is 6.13. The maximum Gasteiger partial charge on any atom is 0.308 e. The predicted octanol–water partition coefficient (Wildman–Crippen LogP) is 0.183. The Kier molecular flexibility index (Phi) is 9.66. The van der Waals surface area contributed by atoms with Crippen LogP contribution in [-0.4, -0.2) is 73.7 Å². The summed E-state index contributed by atoms with van der Waals surface area (Å²) in [7, 11) is 0. The molecule has 0 atom stereocenters. The lowest BCUT2D eigenvalue weighted by Gasteiger charge is -2.19. The zero-order valence-electron chi connectivity index (χ0n) is 16.1. The number of esters is 1. The number of ether oxygens (including phenoxy) is 3. The van der Waals surface area contributed by atoms with Crippen LogP contribution < -0.4 is 5.32 Å². The van der Waals surface area contributed by atoms with Crippen molar-refractivity contribution in [2.75, 3.05) is 39.5 Å². The van der Waals surface area contributed by atoms with Crippen molar-refractivity contribution in [2.24, 2.45) is 0 Å². The molecule has 3 amide bonds. The van der Waals surface area contributed by atoms with Gasteiger partial charge in [-0.3, -0.25) is 24.1 Å². The number of hydrogen-bond acceptors (Lipinski definition) is 7. The van der Waals surface area contributed by atoms with Crippen molar-refractivity contribution in [3.05, 3.63) is 12.2 Å². The summed E-state index contributed by atoms with van der Waals surface area (Å²) in [6, 6.07) is 0. The second kappa shape index (κ2) is 11.5. The molecular weight excluding hydrogens is 356 g/mol. The molecule has 1 aliphatic heterocycles. The number of hydrogen-bond donors (Lipinski definition) is 1. The molecule has 1 N–H and O–H groups in total. The zero-order chi connectivity index (χ0) is 20.3. The fraction of sp³-hybridized carbons (Fsp3) is 0.667. The van der Waals surface area contributed by atoms with Crippen LogP contribution in [0, 0.1) is 0 Å². The molecule has 1 aliphatic rings. The van der Waals surface area contributed by atoms with Crippen LogP contribution in [-0.2, 0) is 33.4 Å². The molecule has 9 heteroatoms. The van der Waals surface area contributed by atoms with Crippen LogP contribution in [0.3, 0.4) is 0 Å². The van der Waals surface area contributed by atoms with Crippen LogP contribution in [0.15, 0.2) is 12.2 Å². The van der Waals surface area contributed by atoms with Crippen LogP contribution in [0.1, 0.15) is 33.6 Å². The lowest BCUT2D eigenvalue weighted by Crippen LogP contribution is -2.35. The molecule has 0 bridgehead atoms. The van der Waals surface area contributed by atoms with Gasteiger partial charge in [0.1, 0.15) is 5.60 Å². The lowest BCUT2D eigenvalue weighted by atomic mass is 10.2. The van der Waals surface area contributed by atoms with E-state index in [2.05, 4.69) is 5.32 Å². The van der Waals surface area contributed by atoms with Gasteiger partial charge in [-0.25, -0.2) is 0 Å². The second-order valence-electron chi connectivity index (χ2n) is 6.82. The molecule has 27 heavy (non-hydrogen) atoms. The van der Waals surface area contributed by atoms with Crippen LogP contribution in [0.2, 0.25) is 0 Å². The maximum atomic E-state index is 11.6. The SMILES string of the molecule is CC(C)(C)OC(=O)CCOCCOCCNC(=O)CCN1C(=O)C=CC1=O. The molecule has 0 radical (unpaired) electrons. The number of imide groups is 1. The summed E-state index contributed by atoms with van der Waals surface area (Å²) in [6.07, 6.45) is 2.60. The van der Waals surface area contributed by atoms with Crippen LogP contribution in [0.5, 0.6) is 0 Å². The van der Waals surface area contributed by atoms with E-state index in [1.165, 1.54) is 12.2 Å². The summed E-state index contributed by atoms with van der Waals surface area (Å²) >= 11 is 0. The van der Waals surface area contributed by atoms with Crippen molar-refractivity contribution < 1.29 is 33.4 Å².